The molecule has 0 radical (unpaired) electrons. The fraction of sp³-hybridized carbons (Fsp3) is 0.393. The third-order valence-corrected chi connectivity index (χ3v) is 6.13. The predicted octanol–water partition coefficient (Wildman–Crippen LogP) is 5.81. The minimum Gasteiger partial charge on any atom is -0.507 e. The molecule has 34 heavy (non-hydrogen) atoms. The number of hydrogen-bond acceptors (Lipinski definition) is 6. The Morgan fingerprint density at radius 2 is 1.53 bits per heavy atom. The molecule has 0 spiro atoms. The van der Waals surface area contributed by atoms with Crippen molar-refractivity contribution in [2.75, 3.05) is 13.7 Å². The van der Waals surface area contributed by atoms with Crippen LogP contribution in [0.3, 0.4) is 0 Å². The Kier molecular flexibility index (Phi) is 9.02. The highest BCUT2D eigenvalue weighted by molar-refractivity contribution is 6.52. The van der Waals surface area contributed by atoms with Gasteiger partial charge in [0.25, 0.3) is 0 Å². The number of benzene rings is 2. The number of esters is 1. The van der Waals surface area contributed by atoms with Crippen LogP contribution in [0.1, 0.15) is 79.3 Å². The van der Waals surface area contributed by atoms with Crippen molar-refractivity contribution in [1.82, 2.24) is 0 Å². The third kappa shape index (κ3) is 5.93. The SMILES string of the molecule is CCCCCCCCOc1ccc(C(CC(=O)OC)C2=C(O)c3ccccc3C(=O)C2=O)cc1. The number of ether oxygens (including phenoxy) is 2. The number of Topliss-reactive ketones (excluding diaryl/α,β-unsaturated/α-hetero) is 2. The third-order valence-electron chi connectivity index (χ3n) is 6.13. The Balaban J connectivity index is 1.80. The van der Waals surface area contributed by atoms with Crippen molar-refractivity contribution in [3.05, 3.63) is 70.8 Å². The molecule has 6 nitrogen and oxygen atoms in total. The van der Waals surface area contributed by atoms with E-state index in [2.05, 4.69) is 6.92 Å². The van der Waals surface area contributed by atoms with Crippen molar-refractivity contribution in [3.8, 4) is 5.75 Å². The van der Waals surface area contributed by atoms with Gasteiger partial charge in [0.15, 0.2) is 0 Å². The first-order valence-corrected chi connectivity index (χ1v) is 11.9. The zero-order valence-corrected chi connectivity index (χ0v) is 19.8. The summed E-state index contributed by atoms with van der Waals surface area (Å²) in [4.78, 5) is 37.9. The van der Waals surface area contributed by atoms with E-state index < -0.39 is 23.5 Å². The highest BCUT2D eigenvalue weighted by Gasteiger charge is 2.38. The molecule has 2 aromatic carbocycles. The first-order valence-electron chi connectivity index (χ1n) is 11.9. The molecule has 0 bridgehead atoms. The van der Waals surface area contributed by atoms with Crippen molar-refractivity contribution in [2.24, 2.45) is 0 Å². The van der Waals surface area contributed by atoms with E-state index in [1.165, 1.54) is 38.9 Å². The first-order chi connectivity index (χ1) is 16.5. The normalized spacial score (nSPS) is 14.1. The summed E-state index contributed by atoms with van der Waals surface area (Å²) in [6.45, 7) is 2.81. The van der Waals surface area contributed by atoms with E-state index in [4.69, 9.17) is 9.47 Å². The lowest BCUT2D eigenvalue weighted by Gasteiger charge is -2.24. The Bertz CT molecular complexity index is 1050. The molecule has 180 valence electrons. The van der Waals surface area contributed by atoms with Crippen LogP contribution in [0, 0.1) is 0 Å². The molecule has 1 N–H and O–H groups in total. The van der Waals surface area contributed by atoms with Gasteiger partial charge in [-0.25, -0.2) is 0 Å². The van der Waals surface area contributed by atoms with Gasteiger partial charge in [-0.15, -0.1) is 0 Å². The lowest BCUT2D eigenvalue weighted by Crippen LogP contribution is -2.28. The van der Waals surface area contributed by atoms with Crippen molar-refractivity contribution >= 4 is 23.3 Å². The van der Waals surface area contributed by atoms with Crippen LogP contribution in [-0.2, 0) is 14.3 Å². The first kappa shape index (κ1) is 25.2. The van der Waals surface area contributed by atoms with Crippen LogP contribution >= 0.6 is 0 Å². The largest absolute Gasteiger partial charge is 0.507 e. The molecule has 0 heterocycles. The molecule has 0 amide bonds. The van der Waals surface area contributed by atoms with Gasteiger partial charge in [-0.05, 0) is 24.1 Å². The molecule has 1 aliphatic carbocycles. The summed E-state index contributed by atoms with van der Waals surface area (Å²) in [6.07, 6.45) is 6.87. The number of allylic oxidation sites excluding steroid dienone is 1. The molecule has 0 aromatic heterocycles. The van der Waals surface area contributed by atoms with Gasteiger partial charge >= 0.3 is 5.97 Å². The number of unbranched alkanes of at least 4 members (excludes halogenated alkanes) is 5. The average Bonchev–Trinajstić information content (AvgIpc) is 2.86. The van der Waals surface area contributed by atoms with E-state index in [0.29, 0.717) is 17.9 Å². The smallest absolute Gasteiger partial charge is 0.306 e. The number of aliphatic hydroxyl groups excluding tert-OH is 1. The molecular formula is C28H32O6. The van der Waals surface area contributed by atoms with Crippen molar-refractivity contribution in [3.63, 3.8) is 0 Å². The molecule has 0 aliphatic heterocycles. The van der Waals surface area contributed by atoms with E-state index >= 15 is 0 Å². The van der Waals surface area contributed by atoms with Gasteiger partial charge in [0.1, 0.15) is 11.5 Å². The summed E-state index contributed by atoms with van der Waals surface area (Å²) >= 11 is 0. The molecule has 0 saturated heterocycles. The minimum atomic E-state index is -0.829. The summed E-state index contributed by atoms with van der Waals surface area (Å²) in [5.74, 6) is -2.48. The average molecular weight is 465 g/mol. The Morgan fingerprint density at radius 3 is 2.21 bits per heavy atom. The summed E-state index contributed by atoms with van der Waals surface area (Å²) in [5.41, 5.74) is 0.967. The van der Waals surface area contributed by atoms with Crippen LogP contribution < -0.4 is 4.74 Å². The highest BCUT2D eigenvalue weighted by Crippen LogP contribution is 2.38. The summed E-state index contributed by atoms with van der Waals surface area (Å²) in [6, 6.07) is 13.5. The Morgan fingerprint density at radius 1 is 0.882 bits per heavy atom. The lowest BCUT2D eigenvalue weighted by atomic mass is 9.78. The summed E-state index contributed by atoms with van der Waals surface area (Å²) in [7, 11) is 1.26. The van der Waals surface area contributed by atoms with Gasteiger partial charge in [-0.3, -0.25) is 14.4 Å². The number of rotatable bonds is 12. The van der Waals surface area contributed by atoms with E-state index in [0.717, 1.165) is 12.8 Å². The number of hydrogen-bond donors (Lipinski definition) is 1. The zero-order valence-electron chi connectivity index (χ0n) is 19.8. The topological polar surface area (TPSA) is 89.9 Å². The molecule has 3 rings (SSSR count). The van der Waals surface area contributed by atoms with Gasteiger partial charge in [0, 0.05) is 17.0 Å². The molecule has 2 aromatic rings. The number of carbonyl (C=O) groups is 3. The van der Waals surface area contributed by atoms with Crippen LogP contribution in [0.5, 0.6) is 5.75 Å². The molecule has 1 atom stereocenters. The number of methoxy groups -OCH3 is 1. The second kappa shape index (κ2) is 12.2. The maximum absolute atomic E-state index is 13.0. The second-order valence-electron chi connectivity index (χ2n) is 8.48. The molecule has 6 heteroatoms. The number of carbonyl (C=O) groups excluding carboxylic acids is 3. The number of ketones is 2. The van der Waals surface area contributed by atoms with Gasteiger partial charge < -0.3 is 14.6 Å². The van der Waals surface area contributed by atoms with Crippen LogP contribution in [-0.4, -0.2) is 36.4 Å². The van der Waals surface area contributed by atoms with Crippen molar-refractivity contribution in [2.45, 2.75) is 57.8 Å². The van der Waals surface area contributed by atoms with Crippen LogP contribution in [0.25, 0.3) is 5.76 Å². The van der Waals surface area contributed by atoms with Gasteiger partial charge in [0.05, 0.1) is 25.7 Å². The standard InChI is InChI=1S/C28H32O6/c1-3-4-5-6-7-10-17-34-20-15-13-19(14-16-20)23(18-24(29)33-2)25-26(30)21-11-8-9-12-22(21)27(31)28(25)32/h8-9,11-16,23,30H,3-7,10,17-18H2,1-2H3. The van der Waals surface area contributed by atoms with Crippen LogP contribution in [0.15, 0.2) is 54.1 Å². The molecule has 0 fully saturated rings. The van der Waals surface area contributed by atoms with Gasteiger partial charge in [-0.2, -0.15) is 0 Å². The molecule has 1 aliphatic rings. The van der Waals surface area contributed by atoms with E-state index in [-0.39, 0.29) is 28.9 Å². The summed E-state index contributed by atoms with van der Waals surface area (Å²) in [5, 5.41) is 10.9. The van der Waals surface area contributed by atoms with Crippen LogP contribution in [0.4, 0.5) is 0 Å². The molecule has 1 unspecified atom stereocenters. The van der Waals surface area contributed by atoms with E-state index in [1.54, 1.807) is 42.5 Å². The summed E-state index contributed by atoms with van der Waals surface area (Å²) < 4.78 is 10.6. The zero-order chi connectivity index (χ0) is 24.5. The van der Waals surface area contributed by atoms with E-state index in [1.807, 2.05) is 0 Å². The van der Waals surface area contributed by atoms with Gasteiger partial charge in [-0.1, -0.05) is 75.4 Å². The quantitative estimate of drug-likeness (QED) is 0.242. The minimum absolute atomic E-state index is 0.0881. The highest BCUT2D eigenvalue weighted by atomic mass is 16.5. The fourth-order valence-electron chi connectivity index (χ4n) is 4.21. The predicted molar refractivity (Wildman–Crippen MR) is 130 cm³/mol. The number of aliphatic hydroxyl groups is 1. The van der Waals surface area contributed by atoms with Crippen molar-refractivity contribution in [1.29, 1.82) is 0 Å². The lowest BCUT2D eigenvalue weighted by molar-refractivity contribution is -0.140. The maximum atomic E-state index is 13.0. The van der Waals surface area contributed by atoms with E-state index in [9.17, 15) is 19.5 Å². The maximum Gasteiger partial charge on any atom is 0.306 e. The van der Waals surface area contributed by atoms with Gasteiger partial charge in [0.2, 0.25) is 11.6 Å². The second-order valence-corrected chi connectivity index (χ2v) is 8.48. The van der Waals surface area contributed by atoms with Crippen LogP contribution in [0.2, 0.25) is 0 Å². The van der Waals surface area contributed by atoms with Crippen molar-refractivity contribution < 1.29 is 29.0 Å². The Hall–Kier alpha value is -3.41. The number of fused-ring (bicyclic) bond motifs is 1. The fourth-order valence-corrected chi connectivity index (χ4v) is 4.21. The molecular weight excluding hydrogens is 432 g/mol. The Labute approximate surface area is 200 Å². The molecule has 0 saturated carbocycles. The monoisotopic (exact) mass is 464 g/mol.